The summed E-state index contributed by atoms with van der Waals surface area (Å²) in [6.07, 6.45) is 0.721. The third-order valence-corrected chi connectivity index (χ3v) is 4.69. The Morgan fingerprint density at radius 1 is 1.11 bits per heavy atom. The van der Waals surface area contributed by atoms with E-state index in [9.17, 15) is 4.79 Å². The third-order valence-electron chi connectivity index (χ3n) is 4.10. The fourth-order valence-electron chi connectivity index (χ4n) is 2.67. The van der Waals surface area contributed by atoms with Crippen LogP contribution >= 0.6 is 23.2 Å². The van der Waals surface area contributed by atoms with E-state index in [2.05, 4.69) is 5.32 Å². The summed E-state index contributed by atoms with van der Waals surface area (Å²) in [6.45, 7) is 1.16. The highest BCUT2D eigenvalue weighted by atomic mass is 35.5. The van der Waals surface area contributed by atoms with Crippen LogP contribution in [0.4, 0.5) is 5.69 Å². The van der Waals surface area contributed by atoms with Crippen molar-refractivity contribution in [2.24, 2.45) is 0 Å². The molecule has 1 heterocycles. The molecule has 0 bridgehead atoms. The van der Waals surface area contributed by atoms with Gasteiger partial charge in [-0.3, -0.25) is 4.79 Å². The van der Waals surface area contributed by atoms with Crippen LogP contribution in [0, 0.1) is 0 Å². The molecule has 144 valence electrons. The summed E-state index contributed by atoms with van der Waals surface area (Å²) >= 11 is 12.4. The largest absolute Gasteiger partial charge is 0.497 e. The van der Waals surface area contributed by atoms with Crippen LogP contribution in [-0.2, 0) is 4.74 Å². The van der Waals surface area contributed by atoms with Gasteiger partial charge in [0.1, 0.15) is 11.9 Å². The number of methoxy groups -OCH3 is 2. The van der Waals surface area contributed by atoms with Crippen LogP contribution in [0.15, 0.2) is 30.3 Å². The molecule has 1 unspecified atom stereocenters. The number of ether oxygens (including phenoxy) is 4. The molecule has 1 aliphatic heterocycles. The zero-order chi connectivity index (χ0) is 19.4. The minimum absolute atomic E-state index is 0.0670. The number of nitrogens with one attached hydrogen (secondary N) is 1. The SMILES string of the molecule is COc1cc(Cl)c(NC(=O)c2ccc(OC)c(OC3CCOC3)c2)c(Cl)c1. The van der Waals surface area contributed by atoms with Gasteiger partial charge in [0, 0.05) is 24.1 Å². The molecular weight excluding hydrogens is 393 g/mol. The molecule has 0 aliphatic carbocycles. The van der Waals surface area contributed by atoms with Crippen molar-refractivity contribution < 1.29 is 23.7 Å². The number of halogens is 2. The molecule has 1 amide bonds. The van der Waals surface area contributed by atoms with Crippen LogP contribution < -0.4 is 19.5 Å². The molecule has 1 fully saturated rings. The average Bonchev–Trinajstić information content (AvgIpc) is 3.17. The molecule has 27 heavy (non-hydrogen) atoms. The van der Waals surface area contributed by atoms with E-state index in [1.54, 1.807) is 37.4 Å². The van der Waals surface area contributed by atoms with Crippen LogP contribution in [0.1, 0.15) is 16.8 Å². The molecule has 0 radical (unpaired) electrons. The van der Waals surface area contributed by atoms with Gasteiger partial charge in [0.25, 0.3) is 5.91 Å². The summed E-state index contributed by atoms with van der Waals surface area (Å²) < 4.78 is 21.7. The molecule has 6 nitrogen and oxygen atoms in total. The highest BCUT2D eigenvalue weighted by Gasteiger charge is 2.21. The van der Waals surface area contributed by atoms with E-state index in [1.165, 1.54) is 7.11 Å². The van der Waals surface area contributed by atoms with Gasteiger partial charge in [-0.2, -0.15) is 0 Å². The van der Waals surface area contributed by atoms with Crippen molar-refractivity contribution in [3.63, 3.8) is 0 Å². The Morgan fingerprint density at radius 2 is 1.85 bits per heavy atom. The van der Waals surface area contributed by atoms with E-state index < -0.39 is 0 Å². The Labute approximate surface area is 167 Å². The molecule has 2 aromatic carbocycles. The van der Waals surface area contributed by atoms with Crippen LogP contribution in [0.3, 0.4) is 0 Å². The molecular formula is C19H19Cl2NO5. The fourth-order valence-corrected chi connectivity index (χ4v) is 3.23. The zero-order valence-electron chi connectivity index (χ0n) is 14.9. The summed E-state index contributed by atoms with van der Waals surface area (Å²) in [7, 11) is 3.05. The molecule has 3 rings (SSSR count). The third kappa shape index (κ3) is 4.58. The predicted molar refractivity (Wildman–Crippen MR) is 104 cm³/mol. The van der Waals surface area contributed by atoms with Gasteiger partial charge >= 0.3 is 0 Å². The maximum absolute atomic E-state index is 12.7. The Hall–Kier alpha value is -2.15. The zero-order valence-corrected chi connectivity index (χ0v) is 16.4. The van der Waals surface area contributed by atoms with Crippen LogP contribution in [0.5, 0.6) is 17.2 Å². The lowest BCUT2D eigenvalue weighted by Gasteiger charge is -2.16. The van der Waals surface area contributed by atoms with E-state index in [4.69, 9.17) is 42.1 Å². The number of amides is 1. The van der Waals surface area contributed by atoms with Gasteiger partial charge in [0.15, 0.2) is 11.5 Å². The first kappa shape index (κ1) is 19.6. The van der Waals surface area contributed by atoms with Gasteiger partial charge in [-0.15, -0.1) is 0 Å². The number of carbonyl (C=O) groups excluding carboxylic acids is 1. The van der Waals surface area contributed by atoms with Gasteiger partial charge in [0.05, 0.1) is 43.2 Å². The van der Waals surface area contributed by atoms with E-state index >= 15 is 0 Å². The highest BCUT2D eigenvalue weighted by Crippen LogP contribution is 2.36. The lowest BCUT2D eigenvalue weighted by molar-refractivity contribution is 0.102. The first-order valence-corrected chi connectivity index (χ1v) is 9.04. The lowest BCUT2D eigenvalue weighted by atomic mass is 10.1. The van der Waals surface area contributed by atoms with Gasteiger partial charge in [0.2, 0.25) is 0 Å². The smallest absolute Gasteiger partial charge is 0.255 e. The number of anilines is 1. The van der Waals surface area contributed by atoms with Crippen LogP contribution in [-0.4, -0.2) is 39.4 Å². The lowest BCUT2D eigenvalue weighted by Crippen LogP contribution is -2.17. The number of benzene rings is 2. The van der Waals surface area contributed by atoms with Gasteiger partial charge < -0.3 is 24.3 Å². The first-order chi connectivity index (χ1) is 13.0. The molecule has 8 heteroatoms. The number of hydrogen-bond acceptors (Lipinski definition) is 5. The van der Waals surface area contributed by atoms with E-state index in [-0.39, 0.29) is 22.1 Å². The minimum atomic E-state index is -0.376. The quantitative estimate of drug-likeness (QED) is 0.761. The summed E-state index contributed by atoms with van der Waals surface area (Å²) in [5.41, 5.74) is 0.694. The van der Waals surface area contributed by atoms with Gasteiger partial charge in [-0.25, -0.2) is 0 Å². The van der Waals surface area contributed by atoms with Crippen molar-refractivity contribution in [1.82, 2.24) is 0 Å². The predicted octanol–water partition coefficient (Wildman–Crippen LogP) is 4.43. The second-order valence-corrected chi connectivity index (χ2v) is 6.70. The second kappa shape index (κ2) is 8.69. The summed E-state index contributed by atoms with van der Waals surface area (Å²) in [4.78, 5) is 12.7. The van der Waals surface area contributed by atoms with Gasteiger partial charge in [-0.1, -0.05) is 23.2 Å². The molecule has 0 spiro atoms. The summed E-state index contributed by atoms with van der Waals surface area (Å²) in [6, 6.07) is 8.09. The second-order valence-electron chi connectivity index (χ2n) is 5.89. The first-order valence-electron chi connectivity index (χ1n) is 8.28. The Balaban J connectivity index is 1.82. The monoisotopic (exact) mass is 411 g/mol. The Bertz CT molecular complexity index is 814. The average molecular weight is 412 g/mol. The fraction of sp³-hybridized carbons (Fsp3) is 0.316. The van der Waals surface area contributed by atoms with E-state index in [0.29, 0.717) is 41.7 Å². The highest BCUT2D eigenvalue weighted by molar-refractivity contribution is 6.40. The standard InChI is InChI=1S/C19H19Cl2NO5/c1-24-13-8-14(20)18(15(21)9-13)22-19(23)11-3-4-16(25-2)17(7-11)27-12-5-6-26-10-12/h3-4,7-9,12H,5-6,10H2,1-2H3,(H,22,23). The maximum Gasteiger partial charge on any atom is 0.255 e. The summed E-state index contributed by atoms with van der Waals surface area (Å²) in [5, 5.41) is 3.28. The van der Waals surface area contributed by atoms with Crippen molar-refractivity contribution in [1.29, 1.82) is 0 Å². The van der Waals surface area contributed by atoms with E-state index in [1.807, 2.05) is 0 Å². The molecule has 2 aromatic rings. The minimum Gasteiger partial charge on any atom is -0.497 e. The van der Waals surface area contributed by atoms with Gasteiger partial charge in [-0.05, 0) is 18.2 Å². The molecule has 1 atom stereocenters. The van der Waals surface area contributed by atoms with E-state index in [0.717, 1.165) is 6.42 Å². The molecule has 0 aromatic heterocycles. The van der Waals surface area contributed by atoms with Crippen LogP contribution in [0.2, 0.25) is 10.0 Å². The van der Waals surface area contributed by atoms with Crippen LogP contribution in [0.25, 0.3) is 0 Å². The normalized spacial score (nSPS) is 16.1. The maximum atomic E-state index is 12.7. The molecule has 1 saturated heterocycles. The van der Waals surface area contributed by atoms with Crippen molar-refractivity contribution in [2.45, 2.75) is 12.5 Å². The number of rotatable bonds is 6. The van der Waals surface area contributed by atoms with Crippen molar-refractivity contribution in [2.75, 3.05) is 32.8 Å². The van der Waals surface area contributed by atoms with Crippen molar-refractivity contribution in [3.8, 4) is 17.2 Å². The molecule has 1 N–H and O–H groups in total. The number of hydrogen-bond donors (Lipinski definition) is 1. The summed E-state index contributed by atoms with van der Waals surface area (Å²) in [5.74, 6) is 1.15. The Morgan fingerprint density at radius 3 is 2.44 bits per heavy atom. The van der Waals surface area contributed by atoms with Crippen molar-refractivity contribution >= 4 is 34.8 Å². The van der Waals surface area contributed by atoms with Crippen molar-refractivity contribution in [3.05, 3.63) is 45.9 Å². The Kier molecular flexibility index (Phi) is 6.31. The molecule has 1 aliphatic rings. The number of carbonyl (C=O) groups is 1. The molecule has 0 saturated carbocycles. The topological polar surface area (TPSA) is 66.0 Å².